The van der Waals surface area contributed by atoms with Crippen LogP contribution in [0.2, 0.25) is 15.1 Å². The van der Waals surface area contributed by atoms with E-state index < -0.39 is 0 Å². The topological polar surface area (TPSA) is 41.1 Å². The lowest BCUT2D eigenvalue weighted by molar-refractivity contribution is 0.252. The zero-order valence-corrected chi connectivity index (χ0v) is 13.3. The Morgan fingerprint density at radius 2 is 1.57 bits per heavy atom. The van der Waals surface area contributed by atoms with Crippen molar-refractivity contribution >= 4 is 46.5 Å². The minimum Gasteiger partial charge on any atom is -0.338 e. The lowest BCUT2D eigenvalue weighted by Gasteiger charge is -2.10. The number of nitrogens with one attached hydrogen (secondary N) is 2. The molecule has 0 heterocycles. The minimum absolute atomic E-state index is 0.348. The summed E-state index contributed by atoms with van der Waals surface area (Å²) in [5.41, 5.74) is 1.50. The van der Waals surface area contributed by atoms with Gasteiger partial charge in [-0.2, -0.15) is 0 Å². The molecule has 0 radical (unpaired) electrons. The third-order valence-electron chi connectivity index (χ3n) is 2.81. The lowest BCUT2D eigenvalue weighted by Crippen LogP contribution is -2.30. The van der Waals surface area contributed by atoms with E-state index in [9.17, 15) is 4.79 Å². The molecule has 110 valence electrons. The third-order valence-corrected chi connectivity index (χ3v) is 3.70. The molecule has 2 aromatic carbocycles. The minimum atomic E-state index is -0.348. The first kappa shape index (κ1) is 16.0. The summed E-state index contributed by atoms with van der Waals surface area (Å²) in [6, 6.07) is 12.2. The highest BCUT2D eigenvalue weighted by atomic mass is 35.5. The molecule has 0 aliphatic heterocycles. The van der Waals surface area contributed by atoms with Crippen LogP contribution in [0, 0.1) is 0 Å². The van der Waals surface area contributed by atoms with Crippen LogP contribution in [-0.4, -0.2) is 12.6 Å². The lowest BCUT2D eigenvalue weighted by atomic mass is 10.1. The number of benzene rings is 2. The molecular weight excluding hydrogens is 331 g/mol. The van der Waals surface area contributed by atoms with Gasteiger partial charge in [0.1, 0.15) is 0 Å². The molecule has 21 heavy (non-hydrogen) atoms. The van der Waals surface area contributed by atoms with Gasteiger partial charge in [-0.1, -0.05) is 53.0 Å². The van der Waals surface area contributed by atoms with Crippen LogP contribution in [0.5, 0.6) is 0 Å². The predicted octanol–water partition coefficient (Wildman–Crippen LogP) is 5.01. The fourth-order valence-corrected chi connectivity index (χ4v) is 2.36. The van der Waals surface area contributed by atoms with Gasteiger partial charge >= 0.3 is 6.03 Å². The molecule has 0 spiro atoms. The van der Waals surface area contributed by atoms with Gasteiger partial charge in [0, 0.05) is 11.6 Å². The van der Waals surface area contributed by atoms with E-state index >= 15 is 0 Å². The molecule has 0 aliphatic carbocycles. The van der Waals surface area contributed by atoms with E-state index in [1.54, 1.807) is 18.2 Å². The first-order chi connectivity index (χ1) is 10.1. The Morgan fingerprint density at radius 1 is 0.952 bits per heavy atom. The van der Waals surface area contributed by atoms with Crippen molar-refractivity contribution in [2.24, 2.45) is 0 Å². The number of hydrogen-bond donors (Lipinski definition) is 2. The standard InChI is InChI=1S/C15H13Cl3N2O/c16-11-6-4-10(5-7-11)8-9-19-15(21)20-14-12(17)2-1-3-13(14)18/h1-7H,8-9H2,(H2,19,20,21). The summed E-state index contributed by atoms with van der Waals surface area (Å²) in [7, 11) is 0. The molecule has 3 nitrogen and oxygen atoms in total. The Hall–Kier alpha value is -1.42. The van der Waals surface area contributed by atoms with Crippen LogP contribution < -0.4 is 10.6 Å². The van der Waals surface area contributed by atoms with Gasteiger partial charge < -0.3 is 10.6 Å². The molecule has 0 atom stereocenters. The average molecular weight is 344 g/mol. The summed E-state index contributed by atoms with van der Waals surface area (Å²) >= 11 is 17.8. The second-order valence-corrected chi connectivity index (χ2v) is 5.60. The molecule has 2 N–H and O–H groups in total. The molecule has 2 amide bonds. The Balaban J connectivity index is 1.84. The quantitative estimate of drug-likeness (QED) is 0.805. The highest BCUT2D eigenvalue weighted by molar-refractivity contribution is 6.39. The summed E-state index contributed by atoms with van der Waals surface area (Å²) < 4.78 is 0. The molecule has 0 saturated heterocycles. The van der Waals surface area contributed by atoms with Crippen LogP contribution in [0.4, 0.5) is 10.5 Å². The van der Waals surface area contributed by atoms with Crippen molar-refractivity contribution in [3.8, 4) is 0 Å². The summed E-state index contributed by atoms with van der Waals surface area (Å²) in [6.45, 7) is 0.496. The Bertz CT molecular complexity index is 609. The van der Waals surface area contributed by atoms with Crippen LogP contribution in [0.15, 0.2) is 42.5 Å². The van der Waals surface area contributed by atoms with Crippen molar-refractivity contribution in [2.75, 3.05) is 11.9 Å². The van der Waals surface area contributed by atoms with Gasteiger partial charge in [-0.25, -0.2) is 4.79 Å². The first-order valence-corrected chi connectivity index (χ1v) is 7.43. The zero-order valence-electron chi connectivity index (χ0n) is 11.0. The largest absolute Gasteiger partial charge is 0.338 e. The van der Waals surface area contributed by atoms with Gasteiger partial charge in [0.05, 0.1) is 15.7 Å². The molecule has 2 rings (SSSR count). The Labute approximate surface area is 138 Å². The van der Waals surface area contributed by atoms with Crippen LogP contribution >= 0.6 is 34.8 Å². The number of anilines is 1. The molecule has 6 heteroatoms. The predicted molar refractivity (Wildman–Crippen MR) is 88.6 cm³/mol. The fraction of sp³-hybridized carbons (Fsp3) is 0.133. The van der Waals surface area contributed by atoms with Crippen LogP contribution in [0.3, 0.4) is 0 Å². The number of carbonyl (C=O) groups excluding carboxylic acids is 1. The molecule has 2 aromatic rings. The van der Waals surface area contributed by atoms with E-state index in [-0.39, 0.29) is 6.03 Å². The van der Waals surface area contributed by atoms with E-state index in [1.165, 1.54) is 0 Å². The van der Waals surface area contributed by atoms with E-state index in [0.717, 1.165) is 5.56 Å². The van der Waals surface area contributed by atoms with Crippen LogP contribution in [0.25, 0.3) is 0 Å². The van der Waals surface area contributed by atoms with Gasteiger partial charge in [0.15, 0.2) is 0 Å². The first-order valence-electron chi connectivity index (χ1n) is 6.29. The Morgan fingerprint density at radius 3 is 2.19 bits per heavy atom. The van der Waals surface area contributed by atoms with Crippen molar-refractivity contribution in [3.63, 3.8) is 0 Å². The summed E-state index contributed by atoms with van der Waals surface area (Å²) in [5.74, 6) is 0. The number of urea groups is 1. The molecule has 0 aliphatic rings. The Kier molecular flexibility index (Phi) is 5.74. The number of carbonyl (C=O) groups is 1. The number of para-hydroxylation sites is 1. The normalized spacial score (nSPS) is 10.2. The zero-order chi connectivity index (χ0) is 15.2. The summed E-state index contributed by atoms with van der Waals surface area (Å²) in [4.78, 5) is 11.8. The highest BCUT2D eigenvalue weighted by Crippen LogP contribution is 2.29. The van der Waals surface area contributed by atoms with Gasteiger partial charge in [0.25, 0.3) is 0 Å². The highest BCUT2D eigenvalue weighted by Gasteiger charge is 2.08. The maximum Gasteiger partial charge on any atom is 0.319 e. The van der Waals surface area contributed by atoms with E-state index in [0.29, 0.717) is 33.7 Å². The number of hydrogen-bond acceptors (Lipinski definition) is 1. The van der Waals surface area contributed by atoms with E-state index in [2.05, 4.69) is 10.6 Å². The molecule has 0 aromatic heterocycles. The maximum atomic E-state index is 11.8. The van der Waals surface area contributed by atoms with E-state index in [4.69, 9.17) is 34.8 Å². The molecular formula is C15H13Cl3N2O. The smallest absolute Gasteiger partial charge is 0.319 e. The molecule has 0 bridgehead atoms. The number of amides is 2. The summed E-state index contributed by atoms with van der Waals surface area (Å²) in [6.07, 6.45) is 0.709. The van der Waals surface area contributed by atoms with Crippen molar-refractivity contribution in [3.05, 3.63) is 63.1 Å². The second-order valence-electron chi connectivity index (χ2n) is 4.35. The van der Waals surface area contributed by atoms with Crippen LogP contribution in [-0.2, 0) is 6.42 Å². The van der Waals surface area contributed by atoms with Crippen molar-refractivity contribution in [1.82, 2.24) is 5.32 Å². The van der Waals surface area contributed by atoms with Crippen LogP contribution in [0.1, 0.15) is 5.56 Å². The number of rotatable bonds is 4. The van der Waals surface area contributed by atoms with Gasteiger partial charge in [-0.3, -0.25) is 0 Å². The molecule has 0 unspecified atom stereocenters. The number of halogens is 3. The van der Waals surface area contributed by atoms with Crippen molar-refractivity contribution < 1.29 is 4.79 Å². The van der Waals surface area contributed by atoms with Gasteiger partial charge in [-0.15, -0.1) is 0 Å². The van der Waals surface area contributed by atoms with E-state index in [1.807, 2.05) is 24.3 Å². The maximum absolute atomic E-state index is 11.8. The fourth-order valence-electron chi connectivity index (χ4n) is 1.75. The van der Waals surface area contributed by atoms with Crippen molar-refractivity contribution in [2.45, 2.75) is 6.42 Å². The van der Waals surface area contributed by atoms with Crippen molar-refractivity contribution in [1.29, 1.82) is 0 Å². The van der Waals surface area contributed by atoms with Gasteiger partial charge in [-0.05, 0) is 36.2 Å². The summed E-state index contributed by atoms with van der Waals surface area (Å²) in [5, 5.41) is 6.88. The monoisotopic (exact) mass is 342 g/mol. The second kappa shape index (κ2) is 7.55. The third kappa shape index (κ3) is 4.81. The SMILES string of the molecule is O=C(NCCc1ccc(Cl)cc1)Nc1c(Cl)cccc1Cl. The average Bonchev–Trinajstić information content (AvgIpc) is 2.45. The van der Waals surface area contributed by atoms with Gasteiger partial charge in [0.2, 0.25) is 0 Å². The molecule has 0 saturated carbocycles. The molecule has 0 fully saturated rings.